The standard InChI is InChI=1S/C15H23N/c1-5-14(13-11-9-8-10-12-13)16-15(4,6-2)7-3/h5,8-12,14,16H,1,6-7H2,2-4H3. The lowest BCUT2D eigenvalue weighted by Gasteiger charge is -2.32. The first-order valence-electron chi connectivity index (χ1n) is 6.10. The summed E-state index contributed by atoms with van der Waals surface area (Å²) in [5, 5.41) is 3.68. The van der Waals surface area contributed by atoms with Crippen LogP contribution >= 0.6 is 0 Å². The van der Waals surface area contributed by atoms with Crippen LogP contribution in [0.3, 0.4) is 0 Å². The summed E-state index contributed by atoms with van der Waals surface area (Å²) in [4.78, 5) is 0. The lowest BCUT2D eigenvalue weighted by Crippen LogP contribution is -2.42. The largest absolute Gasteiger partial charge is 0.301 e. The van der Waals surface area contributed by atoms with Gasteiger partial charge in [0.25, 0.3) is 0 Å². The summed E-state index contributed by atoms with van der Waals surface area (Å²) in [7, 11) is 0. The van der Waals surface area contributed by atoms with Crippen LogP contribution in [0.4, 0.5) is 0 Å². The molecule has 0 saturated carbocycles. The SMILES string of the molecule is C=CC(NC(C)(CC)CC)c1ccccc1. The fraction of sp³-hybridized carbons (Fsp3) is 0.467. The Balaban J connectivity index is 2.81. The van der Waals surface area contributed by atoms with Gasteiger partial charge in [0.15, 0.2) is 0 Å². The van der Waals surface area contributed by atoms with Crippen LogP contribution in [-0.4, -0.2) is 5.54 Å². The van der Waals surface area contributed by atoms with Crippen molar-refractivity contribution in [1.82, 2.24) is 5.32 Å². The predicted octanol–water partition coefficient (Wildman–Crippen LogP) is 4.08. The highest BCUT2D eigenvalue weighted by Gasteiger charge is 2.22. The van der Waals surface area contributed by atoms with Crippen molar-refractivity contribution in [2.75, 3.05) is 0 Å². The number of benzene rings is 1. The van der Waals surface area contributed by atoms with Crippen molar-refractivity contribution in [3.63, 3.8) is 0 Å². The summed E-state index contributed by atoms with van der Waals surface area (Å²) >= 11 is 0. The molecule has 1 aromatic carbocycles. The third kappa shape index (κ3) is 3.21. The highest BCUT2D eigenvalue weighted by molar-refractivity contribution is 5.22. The van der Waals surface area contributed by atoms with Gasteiger partial charge >= 0.3 is 0 Å². The summed E-state index contributed by atoms with van der Waals surface area (Å²) in [6.07, 6.45) is 4.24. The maximum atomic E-state index is 3.93. The normalized spacial score (nSPS) is 13.4. The van der Waals surface area contributed by atoms with Gasteiger partial charge < -0.3 is 5.32 Å². The molecule has 0 aliphatic heterocycles. The molecule has 0 amide bonds. The molecule has 16 heavy (non-hydrogen) atoms. The predicted molar refractivity (Wildman–Crippen MR) is 71.5 cm³/mol. The van der Waals surface area contributed by atoms with Gasteiger partial charge in [-0.1, -0.05) is 50.3 Å². The molecule has 0 aliphatic rings. The van der Waals surface area contributed by atoms with Gasteiger partial charge in [0.1, 0.15) is 0 Å². The Morgan fingerprint density at radius 3 is 2.25 bits per heavy atom. The molecular weight excluding hydrogens is 194 g/mol. The summed E-state index contributed by atoms with van der Waals surface area (Å²) in [6, 6.07) is 10.7. The number of rotatable bonds is 6. The third-order valence-corrected chi connectivity index (χ3v) is 3.46. The molecule has 0 aliphatic carbocycles. The van der Waals surface area contributed by atoms with Gasteiger partial charge in [0.05, 0.1) is 6.04 Å². The quantitative estimate of drug-likeness (QED) is 0.708. The lowest BCUT2D eigenvalue weighted by molar-refractivity contribution is 0.311. The van der Waals surface area contributed by atoms with E-state index in [0.717, 1.165) is 12.8 Å². The Morgan fingerprint density at radius 2 is 1.81 bits per heavy atom. The Hall–Kier alpha value is -1.08. The first kappa shape index (κ1) is 13.0. The monoisotopic (exact) mass is 217 g/mol. The van der Waals surface area contributed by atoms with Gasteiger partial charge in [0, 0.05) is 5.54 Å². The van der Waals surface area contributed by atoms with E-state index in [1.165, 1.54) is 5.56 Å². The maximum absolute atomic E-state index is 3.93. The van der Waals surface area contributed by atoms with Crippen LogP contribution in [0.25, 0.3) is 0 Å². The number of nitrogens with one attached hydrogen (secondary N) is 1. The van der Waals surface area contributed by atoms with E-state index in [1.54, 1.807) is 0 Å². The average Bonchev–Trinajstić information content (AvgIpc) is 2.36. The zero-order valence-electron chi connectivity index (χ0n) is 10.7. The highest BCUT2D eigenvalue weighted by Crippen LogP contribution is 2.22. The van der Waals surface area contributed by atoms with Crippen molar-refractivity contribution in [3.8, 4) is 0 Å². The maximum Gasteiger partial charge on any atom is 0.0507 e. The first-order chi connectivity index (χ1) is 7.65. The van der Waals surface area contributed by atoms with Gasteiger partial charge in [0.2, 0.25) is 0 Å². The van der Waals surface area contributed by atoms with Crippen molar-refractivity contribution in [1.29, 1.82) is 0 Å². The lowest BCUT2D eigenvalue weighted by atomic mass is 9.93. The molecular formula is C15H23N. The van der Waals surface area contributed by atoms with Crippen LogP contribution in [0.15, 0.2) is 43.0 Å². The Labute approximate surface area is 99.6 Å². The summed E-state index contributed by atoms with van der Waals surface area (Å²) in [5.74, 6) is 0. The second-order valence-corrected chi connectivity index (χ2v) is 4.54. The molecule has 0 heterocycles. The molecule has 1 unspecified atom stereocenters. The second kappa shape index (κ2) is 5.86. The highest BCUT2D eigenvalue weighted by atomic mass is 15.0. The topological polar surface area (TPSA) is 12.0 Å². The molecule has 0 aromatic heterocycles. The van der Waals surface area contributed by atoms with E-state index in [0.29, 0.717) is 0 Å². The molecule has 0 saturated heterocycles. The van der Waals surface area contributed by atoms with Crippen LogP contribution in [0.1, 0.15) is 45.2 Å². The van der Waals surface area contributed by atoms with Gasteiger partial charge in [-0.05, 0) is 25.3 Å². The zero-order chi connectivity index (χ0) is 12.0. The number of hydrogen-bond acceptors (Lipinski definition) is 1. The molecule has 1 aromatic rings. The van der Waals surface area contributed by atoms with Crippen molar-refractivity contribution in [2.24, 2.45) is 0 Å². The van der Waals surface area contributed by atoms with Crippen molar-refractivity contribution in [3.05, 3.63) is 48.6 Å². The van der Waals surface area contributed by atoms with Crippen LogP contribution < -0.4 is 5.32 Å². The Bertz CT molecular complexity index is 311. The Kier molecular flexibility index (Phi) is 4.75. The Morgan fingerprint density at radius 1 is 1.25 bits per heavy atom. The van der Waals surface area contributed by atoms with Crippen LogP contribution in [0, 0.1) is 0 Å². The minimum atomic E-state index is 0.189. The molecule has 1 nitrogen and oxygen atoms in total. The van der Waals surface area contributed by atoms with E-state index in [2.05, 4.69) is 56.9 Å². The van der Waals surface area contributed by atoms with Gasteiger partial charge in [-0.25, -0.2) is 0 Å². The number of hydrogen-bond donors (Lipinski definition) is 1. The molecule has 0 spiro atoms. The summed E-state index contributed by atoms with van der Waals surface area (Å²) in [5.41, 5.74) is 1.47. The van der Waals surface area contributed by atoms with Crippen molar-refractivity contribution in [2.45, 2.75) is 45.2 Å². The molecule has 0 bridgehead atoms. The van der Waals surface area contributed by atoms with E-state index in [-0.39, 0.29) is 11.6 Å². The minimum absolute atomic E-state index is 0.189. The first-order valence-corrected chi connectivity index (χ1v) is 6.10. The van der Waals surface area contributed by atoms with Crippen LogP contribution in [0.5, 0.6) is 0 Å². The van der Waals surface area contributed by atoms with E-state index in [4.69, 9.17) is 0 Å². The molecule has 0 fully saturated rings. The molecule has 1 N–H and O–H groups in total. The summed E-state index contributed by atoms with van der Waals surface area (Å²) in [6.45, 7) is 10.6. The van der Waals surface area contributed by atoms with Gasteiger partial charge in [-0.2, -0.15) is 0 Å². The molecule has 88 valence electrons. The van der Waals surface area contributed by atoms with E-state index in [1.807, 2.05) is 12.1 Å². The van der Waals surface area contributed by atoms with Crippen molar-refractivity contribution < 1.29 is 0 Å². The molecule has 0 radical (unpaired) electrons. The van der Waals surface area contributed by atoms with E-state index in [9.17, 15) is 0 Å². The van der Waals surface area contributed by atoms with Gasteiger partial charge in [-0.3, -0.25) is 0 Å². The van der Waals surface area contributed by atoms with E-state index < -0.39 is 0 Å². The smallest absolute Gasteiger partial charge is 0.0507 e. The van der Waals surface area contributed by atoms with Crippen molar-refractivity contribution >= 4 is 0 Å². The zero-order valence-corrected chi connectivity index (χ0v) is 10.7. The minimum Gasteiger partial charge on any atom is -0.301 e. The van der Waals surface area contributed by atoms with Crippen LogP contribution in [-0.2, 0) is 0 Å². The van der Waals surface area contributed by atoms with Gasteiger partial charge in [-0.15, -0.1) is 6.58 Å². The fourth-order valence-electron chi connectivity index (χ4n) is 1.77. The molecule has 1 atom stereocenters. The van der Waals surface area contributed by atoms with E-state index >= 15 is 0 Å². The molecule has 1 rings (SSSR count). The third-order valence-electron chi connectivity index (χ3n) is 3.46. The molecule has 1 heteroatoms. The fourth-order valence-corrected chi connectivity index (χ4v) is 1.77. The summed E-state index contributed by atoms with van der Waals surface area (Å²) < 4.78 is 0. The van der Waals surface area contributed by atoms with Crippen LogP contribution in [0.2, 0.25) is 0 Å². The average molecular weight is 217 g/mol. The second-order valence-electron chi connectivity index (χ2n) is 4.54.